The Morgan fingerprint density at radius 1 is 1.31 bits per heavy atom. The molecule has 0 saturated carbocycles. The topological polar surface area (TPSA) is 29.5 Å². The highest BCUT2D eigenvalue weighted by atomic mass is 16.5. The molecule has 0 unspecified atom stereocenters. The molecule has 1 fully saturated rings. The number of nitrogens with zero attached hydrogens (tertiary/aromatic N) is 1. The van der Waals surface area contributed by atoms with E-state index in [4.69, 9.17) is 4.74 Å². The van der Waals surface area contributed by atoms with E-state index in [-0.39, 0.29) is 0 Å². The first-order chi connectivity index (χ1) is 6.34. The number of rotatable bonds is 4. The SMILES string of the molecule is CCCCCC(=O)N1CCOCC1. The van der Waals surface area contributed by atoms with Gasteiger partial charge in [0.15, 0.2) is 0 Å². The van der Waals surface area contributed by atoms with E-state index in [9.17, 15) is 4.79 Å². The number of carbonyl (C=O) groups excluding carboxylic acids is 1. The molecule has 1 aliphatic rings. The summed E-state index contributed by atoms with van der Waals surface area (Å²) in [7, 11) is 0. The van der Waals surface area contributed by atoms with Crippen molar-refractivity contribution in [2.75, 3.05) is 26.3 Å². The Balaban J connectivity index is 2.13. The first kappa shape index (κ1) is 10.5. The Hall–Kier alpha value is -0.570. The van der Waals surface area contributed by atoms with Gasteiger partial charge in [0, 0.05) is 19.5 Å². The monoisotopic (exact) mass is 185 g/mol. The zero-order valence-electron chi connectivity index (χ0n) is 8.42. The van der Waals surface area contributed by atoms with Crippen LogP contribution in [0.3, 0.4) is 0 Å². The lowest BCUT2D eigenvalue weighted by Gasteiger charge is -2.26. The second-order valence-corrected chi connectivity index (χ2v) is 3.45. The van der Waals surface area contributed by atoms with E-state index >= 15 is 0 Å². The van der Waals surface area contributed by atoms with Crippen LogP contribution in [0.2, 0.25) is 0 Å². The van der Waals surface area contributed by atoms with Crippen LogP contribution in [0.5, 0.6) is 0 Å². The van der Waals surface area contributed by atoms with Gasteiger partial charge in [-0.05, 0) is 6.42 Å². The fraction of sp³-hybridized carbons (Fsp3) is 0.900. The molecule has 0 aromatic carbocycles. The van der Waals surface area contributed by atoms with Crippen molar-refractivity contribution in [1.29, 1.82) is 0 Å². The summed E-state index contributed by atoms with van der Waals surface area (Å²) < 4.78 is 5.18. The molecule has 1 aliphatic heterocycles. The molecule has 0 bridgehead atoms. The molecule has 0 spiro atoms. The fourth-order valence-electron chi connectivity index (χ4n) is 1.50. The van der Waals surface area contributed by atoms with E-state index in [1.807, 2.05) is 4.90 Å². The van der Waals surface area contributed by atoms with Gasteiger partial charge in [0.2, 0.25) is 5.91 Å². The van der Waals surface area contributed by atoms with Crippen molar-refractivity contribution in [3.8, 4) is 0 Å². The van der Waals surface area contributed by atoms with E-state index < -0.39 is 0 Å². The minimum atomic E-state index is 0.303. The molecule has 3 nitrogen and oxygen atoms in total. The van der Waals surface area contributed by atoms with Crippen molar-refractivity contribution < 1.29 is 9.53 Å². The summed E-state index contributed by atoms with van der Waals surface area (Å²) in [6.07, 6.45) is 4.09. The molecule has 1 rings (SSSR count). The van der Waals surface area contributed by atoms with Gasteiger partial charge >= 0.3 is 0 Å². The van der Waals surface area contributed by atoms with E-state index in [1.165, 1.54) is 6.42 Å². The summed E-state index contributed by atoms with van der Waals surface area (Å²) in [5, 5.41) is 0. The quantitative estimate of drug-likeness (QED) is 0.620. The number of amides is 1. The van der Waals surface area contributed by atoms with Crippen LogP contribution in [0, 0.1) is 0 Å². The number of hydrogen-bond donors (Lipinski definition) is 0. The molecule has 1 saturated heterocycles. The Bertz CT molecular complexity index is 153. The van der Waals surface area contributed by atoms with Crippen LogP contribution in [0.25, 0.3) is 0 Å². The van der Waals surface area contributed by atoms with Gasteiger partial charge in [-0.2, -0.15) is 0 Å². The predicted molar refractivity (Wildman–Crippen MR) is 51.5 cm³/mol. The first-order valence-corrected chi connectivity index (χ1v) is 5.20. The van der Waals surface area contributed by atoms with Crippen LogP contribution in [0.4, 0.5) is 0 Å². The van der Waals surface area contributed by atoms with Crippen molar-refractivity contribution >= 4 is 5.91 Å². The summed E-state index contributed by atoms with van der Waals surface area (Å²) in [5.74, 6) is 0.303. The van der Waals surface area contributed by atoms with Gasteiger partial charge in [-0.15, -0.1) is 0 Å². The average molecular weight is 185 g/mol. The van der Waals surface area contributed by atoms with E-state index in [0.717, 1.165) is 25.9 Å². The van der Waals surface area contributed by atoms with Crippen molar-refractivity contribution in [1.82, 2.24) is 4.90 Å². The second kappa shape index (κ2) is 5.97. The van der Waals surface area contributed by atoms with Crippen LogP contribution in [0.15, 0.2) is 0 Å². The van der Waals surface area contributed by atoms with Crippen LogP contribution >= 0.6 is 0 Å². The summed E-state index contributed by atoms with van der Waals surface area (Å²) in [5.41, 5.74) is 0. The summed E-state index contributed by atoms with van der Waals surface area (Å²) in [6, 6.07) is 0. The highest BCUT2D eigenvalue weighted by Crippen LogP contribution is 2.05. The number of hydrogen-bond acceptors (Lipinski definition) is 2. The number of morpholine rings is 1. The molecule has 13 heavy (non-hydrogen) atoms. The predicted octanol–water partition coefficient (Wildman–Crippen LogP) is 1.43. The molecule has 1 amide bonds. The van der Waals surface area contributed by atoms with Crippen LogP contribution in [0.1, 0.15) is 32.6 Å². The van der Waals surface area contributed by atoms with Gasteiger partial charge in [-0.25, -0.2) is 0 Å². The minimum absolute atomic E-state index is 0.303. The highest BCUT2D eigenvalue weighted by molar-refractivity contribution is 5.76. The molecule has 0 aliphatic carbocycles. The van der Waals surface area contributed by atoms with Gasteiger partial charge in [-0.1, -0.05) is 19.8 Å². The van der Waals surface area contributed by atoms with E-state index in [2.05, 4.69) is 6.92 Å². The molecule has 0 atom stereocenters. The van der Waals surface area contributed by atoms with Gasteiger partial charge < -0.3 is 9.64 Å². The van der Waals surface area contributed by atoms with Crippen molar-refractivity contribution in [2.24, 2.45) is 0 Å². The standard InChI is InChI=1S/C10H19NO2/c1-2-3-4-5-10(12)11-6-8-13-9-7-11/h2-9H2,1H3. The lowest BCUT2D eigenvalue weighted by Crippen LogP contribution is -2.40. The summed E-state index contributed by atoms with van der Waals surface area (Å²) >= 11 is 0. The number of unbranched alkanes of at least 4 members (excludes halogenated alkanes) is 2. The van der Waals surface area contributed by atoms with Crippen molar-refractivity contribution in [2.45, 2.75) is 32.6 Å². The zero-order chi connectivity index (χ0) is 9.52. The third-order valence-corrected chi connectivity index (χ3v) is 2.36. The van der Waals surface area contributed by atoms with E-state index in [1.54, 1.807) is 0 Å². The molecular formula is C10H19NO2. The Morgan fingerprint density at radius 2 is 2.00 bits per heavy atom. The average Bonchev–Trinajstić information content (AvgIpc) is 2.19. The molecule has 0 N–H and O–H groups in total. The van der Waals surface area contributed by atoms with Crippen molar-refractivity contribution in [3.63, 3.8) is 0 Å². The lowest BCUT2D eigenvalue weighted by atomic mass is 10.2. The molecule has 76 valence electrons. The molecule has 3 heteroatoms. The zero-order valence-corrected chi connectivity index (χ0v) is 8.42. The third kappa shape index (κ3) is 3.77. The highest BCUT2D eigenvalue weighted by Gasteiger charge is 2.15. The second-order valence-electron chi connectivity index (χ2n) is 3.45. The number of carbonyl (C=O) groups is 1. The maximum atomic E-state index is 11.5. The van der Waals surface area contributed by atoms with Crippen LogP contribution < -0.4 is 0 Å². The molecule has 0 aromatic rings. The largest absolute Gasteiger partial charge is 0.378 e. The molecule has 0 aromatic heterocycles. The minimum Gasteiger partial charge on any atom is -0.378 e. The maximum absolute atomic E-state index is 11.5. The Labute approximate surface area is 80.1 Å². The van der Waals surface area contributed by atoms with Crippen LogP contribution in [-0.4, -0.2) is 37.1 Å². The summed E-state index contributed by atoms with van der Waals surface area (Å²) in [6.45, 7) is 5.13. The summed E-state index contributed by atoms with van der Waals surface area (Å²) in [4.78, 5) is 13.5. The van der Waals surface area contributed by atoms with E-state index in [0.29, 0.717) is 25.5 Å². The molecule has 0 radical (unpaired) electrons. The molecule has 1 heterocycles. The maximum Gasteiger partial charge on any atom is 0.222 e. The molecular weight excluding hydrogens is 166 g/mol. The normalized spacial score (nSPS) is 17.5. The van der Waals surface area contributed by atoms with Gasteiger partial charge in [0.1, 0.15) is 0 Å². The van der Waals surface area contributed by atoms with Gasteiger partial charge in [0.25, 0.3) is 0 Å². The third-order valence-electron chi connectivity index (χ3n) is 2.36. The first-order valence-electron chi connectivity index (χ1n) is 5.20. The number of ether oxygens (including phenoxy) is 1. The van der Waals surface area contributed by atoms with Crippen LogP contribution in [-0.2, 0) is 9.53 Å². The van der Waals surface area contributed by atoms with Gasteiger partial charge in [0.05, 0.1) is 13.2 Å². The lowest BCUT2D eigenvalue weighted by molar-refractivity contribution is -0.135. The Kier molecular flexibility index (Phi) is 4.83. The fourth-order valence-corrected chi connectivity index (χ4v) is 1.50. The smallest absolute Gasteiger partial charge is 0.222 e. The van der Waals surface area contributed by atoms with Gasteiger partial charge in [-0.3, -0.25) is 4.79 Å². The van der Waals surface area contributed by atoms with Crippen molar-refractivity contribution in [3.05, 3.63) is 0 Å². The Morgan fingerprint density at radius 3 is 2.62 bits per heavy atom.